The molecular formula is C21H19ClN2O5S. The van der Waals surface area contributed by atoms with Crippen LogP contribution in [-0.2, 0) is 20.2 Å². The Labute approximate surface area is 179 Å². The lowest BCUT2D eigenvalue weighted by molar-refractivity contribution is -0.121. The fourth-order valence-electron chi connectivity index (χ4n) is 3.66. The summed E-state index contributed by atoms with van der Waals surface area (Å²) in [6, 6.07) is 11.3. The number of benzene rings is 2. The average Bonchev–Trinajstić information content (AvgIpc) is 3.54. The molecule has 1 N–H and O–H groups in total. The van der Waals surface area contributed by atoms with Gasteiger partial charge in [0.25, 0.3) is 10.0 Å². The van der Waals surface area contributed by atoms with Crippen molar-refractivity contribution in [2.45, 2.75) is 23.2 Å². The van der Waals surface area contributed by atoms with Crippen molar-refractivity contribution >= 4 is 38.4 Å². The van der Waals surface area contributed by atoms with Crippen LogP contribution >= 0.6 is 11.6 Å². The smallest absolute Gasteiger partial charge is 0.264 e. The minimum atomic E-state index is -4.14. The van der Waals surface area contributed by atoms with Crippen LogP contribution in [0.2, 0.25) is 5.02 Å². The van der Waals surface area contributed by atoms with Crippen LogP contribution in [0.3, 0.4) is 0 Å². The van der Waals surface area contributed by atoms with Crippen LogP contribution in [-0.4, -0.2) is 33.5 Å². The highest BCUT2D eigenvalue weighted by molar-refractivity contribution is 7.90. The molecular weight excluding hydrogens is 428 g/mol. The number of methoxy groups -OCH3 is 2. The van der Waals surface area contributed by atoms with E-state index in [1.807, 2.05) is 0 Å². The normalized spacial score (nSPS) is 14.9. The van der Waals surface area contributed by atoms with Gasteiger partial charge < -0.3 is 9.47 Å². The Morgan fingerprint density at radius 3 is 2.53 bits per heavy atom. The standard InChI is InChI=1S/C21H19ClN2O5S/c1-28-16-9-8-14(22)19(29-2)18(16)21(10-11-21)20(25)24-30(26,27)17-7-3-6-15-13(17)5-4-12-23-15/h3-9,12H,10-11H2,1-2H3,(H,24,25). The van der Waals surface area contributed by atoms with Gasteiger partial charge in [-0.3, -0.25) is 9.78 Å². The molecule has 1 aliphatic rings. The number of carbonyl (C=O) groups excluding carboxylic acids is 1. The predicted octanol–water partition coefficient (Wildman–Crippen LogP) is 3.44. The predicted molar refractivity (Wildman–Crippen MR) is 113 cm³/mol. The molecule has 2 aromatic carbocycles. The Morgan fingerprint density at radius 2 is 1.87 bits per heavy atom. The van der Waals surface area contributed by atoms with Crippen LogP contribution in [0.25, 0.3) is 10.9 Å². The summed E-state index contributed by atoms with van der Waals surface area (Å²) >= 11 is 6.25. The van der Waals surface area contributed by atoms with Gasteiger partial charge in [0.2, 0.25) is 5.91 Å². The third kappa shape index (κ3) is 3.26. The Morgan fingerprint density at radius 1 is 1.10 bits per heavy atom. The molecule has 30 heavy (non-hydrogen) atoms. The van der Waals surface area contributed by atoms with E-state index in [0.717, 1.165) is 0 Å². The average molecular weight is 447 g/mol. The molecule has 9 heteroatoms. The largest absolute Gasteiger partial charge is 0.496 e. The van der Waals surface area contributed by atoms with E-state index in [1.165, 1.54) is 20.3 Å². The number of ether oxygens (including phenoxy) is 2. The maximum Gasteiger partial charge on any atom is 0.264 e. The number of nitrogens with zero attached hydrogens (tertiary/aromatic N) is 1. The van der Waals surface area contributed by atoms with E-state index >= 15 is 0 Å². The third-order valence-corrected chi connectivity index (χ3v) is 6.97. The second-order valence-corrected chi connectivity index (χ2v) is 9.06. The molecule has 156 valence electrons. The Hall–Kier alpha value is -2.84. The molecule has 0 atom stereocenters. The summed E-state index contributed by atoms with van der Waals surface area (Å²) in [5.41, 5.74) is -0.128. The Balaban J connectivity index is 1.75. The first-order chi connectivity index (χ1) is 14.3. The van der Waals surface area contributed by atoms with E-state index in [1.54, 1.807) is 42.6 Å². The lowest BCUT2D eigenvalue weighted by atomic mass is 9.93. The van der Waals surface area contributed by atoms with Crippen LogP contribution in [0.4, 0.5) is 0 Å². The number of fused-ring (bicyclic) bond motifs is 1. The molecule has 0 spiro atoms. The summed E-state index contributed by atoms with van der Waals surface area (Å²) in [6.07, 6.45) is 2.46. The molecule has 0 unspecified atom stereocenters. The van der Waals surface area contributed by atoms with Crippen LogP contribution in [0.15, 0.2) is 53.6 Å². The first-order valence-electron chi connectivity index (χ1n) is 9.16. The van der Waals surface area contributed by atoms with Crippen molar-refractivity contribution in [1.29, 1.82) is 0 Å². The van der Waals surface area contributed by atoms with Gasteiger partial charge in [0.15, 0.2) is 0 Å². The lowest BCUT2D eigenvalue weighted by Gasteiger charge is -2.22. The minimum absolute atomic E-state index is 0.0118. The van der Waals surface area contributed by atoms with Crippen LogP contribution in [0.1, 0.15) is 18.4 Å². The summed E-state index contributed by atoms with van der Waals surface area (Å²) in [6.45, 7) is 0. The molecule has 4 rings (SSSR count). The number of carbonyl (C=O) groups is 1. The van der Waals surface area contributed by atoms with Crippen LogP contribution in [0.5, 0.6) is 11.5 Å². The number of hydrogen-bond acceptors (Lipinski definition) is 6. The van der Waals surface area contributed by atoms with Gasteiger partial charge in [-0.15, -0.1) is 0 Å². The van der Waals surface area contributed by atoms with Crippen molar-refractivity contribution in [2.24, 2.45) is 0 Å². The van der Waals surface area contributed by atoms with Gasteiger partial charge in [-0.25, -0.2) is 13.1 Å². The molecule has 0 aliphatic heterocycles. The van der Waals surface area contributed by atoms with E-state index in [9.17, 15) is 13.2 Å². The first kappa shape index (κ1) is 20.4. The Kier molecular flexibility index (Phi) is 5.07. The van der Waals surface area contributed by atoms with E-state index in [2.05, 4.69) is 9.71 Å². The van der Waals surface area contributed by atoms with Gasteiger partial charge in [0.05, 0.1) is 40.6 Å². The van der Waals surface area contributed by atoms with Crippen molar-refractivity contribution < 1.29 is 22.7 Å². The monoisotopic (exact) mass is 446 g/mol. The lowest BCUT2D eigenvalue weighted by Crippen LogP contribution is -2.39. The molecule has 0 bridgehead atoms. The fraction of sp³-hybridized carbons (Fsp3) is 0.238. The van der Waals surface area contributed by atoms with Gasteiger partial charge in [0, 0.05) is 11.6 Å². The molecule has 1 saturated carbocycles. The fourth-order valence-corrected chi connectivity index (χ4v) is 5.17. The molecule has 1 heterocycles. The van der Waals surface area contributed by atoms with Crippen molar-refractivity contribution in [3.63, 3.8) is 0 Å². The Bertz CT molecular complexity index is 1250. The topological polar surface area (TPSA) is 94.6 Å². The SMILES string of the molecule is COc1ccc(Cl)c(OC)c1C1(C(=O)NS(=O)(=O)c2cccc3ncccc23)CC1. The molecule has 7 nitrogen and oxygen atoms in total. The van der Waals surface area contributed by atoms with Gasteiger partial charge in [-0.2, -0.15) is 0 Å². The molecule has 0 saturated heterocycles. The number of aromatic nitrogens is 1. The van der Waals surface area contributed by atoms with E-state index in [0.29, 0.717) is 45.8 Å². The van der Waals surface area contributed by atoms with Crippen molar-refractivity contribution in [3.8, 4) is 11.5 Å². The zero-order valence-electron chi connectivity index (χ0n) is 16.3. The van der Waals surface area contributed by atoms with Crippen LogP contribution in [0, 0.1) is 0 Å². The number of halogens is 1. The summed E-state index contributed by atoms with van der Waals surface area (Å²) in [7, 11) is -1.23. The van der Waals surface area contributed by atoms with Gasteiger partial charge in [0.1, 0.15) is 11.5 Å². The molecule has 0 radical (unpaired) electrons. The molecule has 1 aromatic heterocycles. The quantitative estimate of drug-likeness (QED) is 0.623. The van der Waals surface area contributed by atoms with Crippen LogP contribution < -0.4 is 14.2 Å². The number of hydrogen-bond donors (Lipinski definition) is 1. The second-order valence-electron chi connectivity index (χ2n) is 7.00. The molecule has 1 fully saturated rings. The highest BCUT2D eigenvalue weighted by Gasteiger charge is 2.56. The minimum Gasteiger partial charge on any atom is -0.496 e. The summed E-state index contributed by atoms with van der Waals surface area (Å²) in [4.78, 5) is 17.4. The summed E-state index contributed by atoms with van der Waals surface area (Å²) in [5.74, 6) is 0.0633. The van der Waals surface area contributed by atoms with E-state index in [4.69, 9.17) is 21.1 Å². The number of pyridine rings is 1. The maximum atomic E-state index is 13.2. The molecule has 3 aromatic rings. The molecule has 1 aliphatic carbocycles. The number of amides is 1. The zero-order chi connectivity index (χ0) is 21.5. The van der Waals surface area contributed by atoms with Crippen molar-refractivity contribution in [3.05, 3.63) is 59.2 Å². The van der Waals surface area contributed by atoms with Gasteiger partial charge in [-0.1, -0.05) is 17.7 Å². The summed E-state index contributed by atoms with van der Waals surface area (Å²) < 4.78 is 39.3. The summed E-state index contributed by atoms with van der Waals surface area (Å²) in [5, 5.41) is 0.749. The second kappa shape index (κ2) is 7.45. The highest BCUT2D eigenvalue weighted by atomic mass is 35.5. The van der Waals surface area contributed by atoms with Crippen molar-refractivity contribution in [1.82, 2.24) is 9.71 Å². The molecule has 1 amide bonds. The number of rotatable bonds is 6. The number of sulfonamides is 1. The zero-order valence-corrected chi connectivity index (χ0v) is 17.9. The first-order valence-corrected chi connectivity index (χ1v) is 11.0. The third-order valence-electron chi connectivity index (χ3n) is 5.28. The van der Waals surface area contributed by atoms with E-state index < -0.39 is 21.3 Å². The maximum absolute atomic E-state index is 13.2. The van der Waals surface area contributed by atoms with E-state index in [-0.39, 0.29) is 4.90 Å². The highest BCUT2D eigenvalue weighted by Crippen LogP contribution is 2.56. The van der Waals surface area contributed by atoms with Crippen molar-refractivity contribution in [2.75, 3.05) is 14.2 Å². The van der Waals surface area contributed by atoms with Gasteiger partial charge >= 0.3 is 0 Å². The number of nitrogens with one attached hydrogen (secondary N) is 1. The van der Waals surface area contributed by atoms with Gasteiger partial charge in [-0.05, 0) is 49.2 Å².